The summed E-state index contributed by atoms with van der Waals surface area (Å²) in [7, 11) is -1.41. The number of sulfone groups is 1. The van der Waals surface area contributed by atoms with Crippen molar-refractivity contribution >= 4 is 26.8 Å². The summed E-state index contributed by atoms with van der Waals surface area (Å²) in [4.78, 5) is 11.9. The van der Waals surface area contributed by atoms with E-state index in [1.807, 2.05) is 0 Å². The number of halogens is 1. The zero-order chi connectivity index (χ0) is 9.35. The SMILES string of the molecule is CN(C(=O)Cl)C1CCS(=O)(=O)C1. The lowest BCUT2D eigenvalue weighted by atomic mass is 10.2. The molecule has 1 atom stereocenters. The molecule has 0 saturated carbocycles. The highest BCUT2D eigenvalue weighted by atomic mass is 35.5. The smallest absolute Gasteiger partial charge is 0.316 e. The van der Waals surface area contributed by atoms with Crippen molar-refractivity contribution in [3.63, 3.8) is 0 Å². The molecule has 1 heterocycles. The predicted octanol–water partition coefficient (Wildman–Crippen LogP) is 0.464. The standard InChI is InChI=1S/C6H10ClNO3S/c1-8(6(7)9)5-2-3-12(10,11)4-5/h5H,2-4H2,1H3. The average molecular weight is 212 g/mol. The summed E-state index contributed by atoms with van der Waals surface area (Å²) in [6.07, 6.45) is 0.497. The summed E-state index contributed by atoms with van der Waals surface area (Å²) in [6.45, 7) is 0. The largest absolute Gasteiger partial charge is 0.328 e. The number of hydrogen-bond acceptors (Lipinski definition) is 3. The van der Waals surface area contributed by atoms with E-state index < -0.39 is 15.2 Å². The van der Waals surface area contributed by atoms with Gasteiger partial charge in [0.15, 0.2) is 9.84 Å². The van der Waals surface area contributed by atoms with Gasteiger partial charge in [0.25, 0.3) is 0 Å². The molecule has 0 radical (unpaired) electrons. The monoisotopic (exact) mass is 211 g/mol. The first-order valence-electron chi connectivity index (χ1n) is 3.55. The molecule has 1 aliphatic rings. The van der Waals surface area contributed by atoms with Crippen molar-refractivity contribution in [2.24, 2.45) is 0 Å². The van der Waals surface area contributed by atoms with Gasteiger partial charge in [-0.3, -0.25) is 4.79 Å². The number of nitrogens with zero attached hydrogens (tertiary/aromatic N) is 1. The van der Waals surface area contributed by atoms with Crippen molar-refractivity contribution in [1.29, 1.82) is 0 Å². The van der Waals surface area contributed by atoms with Crippen molar-refractivity contribution < 1.29 is 13.2 Å². The number of hydrogen-bond donors (Lipinski definition) is 0. The van der Waals surface area contributed by atoms with Crippen LogP contribution in [-0.2, 0) is 9.84 Å². The minimum Gasteiger partial charge on any atom is -0.328 e. The third-order valence-corrected chi connectivity index (χ3v) is 4.05. The highest BCUT2D eigenvalue weighted by molar-refractivity contribution is 7.91. The van der Waals surface area contributed by atoms with Crippen LogP contribution in [0.15, 0.2) is 0 Å². The van der Waals surface area contributed by atoms with Gasteiger partial charge in [-0.2, -0.15) is 0 Å². The van der Waals surface area contributed by atoms with E-state index in [1.165, 1.54) is 11.9 Å². The van der Waals surface area contributed by atoms with Crippen LogP contribution in [0.25, 0.3) is 0 Å². The second-order valence-electron chi connectivity index (χ2n) is 2.92. The Labute approximate surface area is 76.4 Å². The molecule has 1 saturated heterocycles. The van der Waals surface area contributed by atoms with Gasteiger partial charge in [-0.15, -0.1) is 0 Å². The van der Waals surface area contributed by atoms with E-state index >= 15 is 0 Å². The van der Waals surface area contributed by atoms with Crippen molar-refractivity contribution in [3.8, 4) is 0 Å². The number of amides is 1. The molecule has 0 aromatic heterocycles. The van der Waals surface area contributed by atoms with Gasteiger partial charge in [0.2, 0.25) is 0 Å². The van der Waals surface area contributed by atoms with Crippen LogP contribution in [0.3, 0.4) is 0 Å². The molecule has 0 N–H and O–H groups in total. The molecule has 0 aliphatic carbocycles. The van der Waals surface area contributed by atoms with Gasteiger partial charge < -0.3 is 4.90 Å². The van der Waals surface area contributed by atoms with Gasteiger partial charge in [-0.25, -0.2) is 8.42 Å². The van der Waals surface area contributed by atoms with Gasteiger partial charge in [-0.05, 0) is 18.0 Å². The first-order valence-corrected chi connectivity index (χ1v) is 5.75. The quantitative estimate of drug-likeness (QED) is 0.468. The molecular formula is C6H10ClNO3S. The summed E-state index contributed by atoms with van der Waals surface area (Å²) in [5, 5.41) is -0.600. The summed E-state index contributed by atoms with van der Waals surface area (Å²) in [5.41, 5.74) is 0. The second-order valence-corrected chi connectivity index (χ2v) is 5.47. The van der Waals surface area contributed by atoms with Crippen LogP contribution in [0, 0.1) is 0 Å². The van der Waals surface area contributed by atoms with E-state index in [-0.39, 0.29) is 17.5 Å². The number of carbonyl (C=O) groups is 1. The van der Waals surface area contributed by atoms with Crippen LogP contribution in [0.5, 0.6) is 0 Å². The van der Waals surface area contributed by atoms with Crippen LogP contribution in [0.2, 0.25) is 0 Å². The van der Waals surface area contributed by atoms with Crippen molar-refractivity contribution in [1.82, 2.24) is 4.90 Å². The summed E-state index contributed by atoms with van der Waals surface area (Å²) in [5.74, 6) is 0.203. The first kappa shape index (κ1) is 9.80. The topological polar surface area (TPSA) is 54.5 Å². The van der Waals surface area contributed by atoms with E-state index in [0.29, 0.717) is 6.42 Å². The van der Waals surface area contributed by atoms with Crippen molar-refractivity contribution in [2.75, 3.05) is 18.6 Å². The third kappa shape index (κ3) is 2.10. The molecule has 0 spiro atoms. The molecule has 1 unspecified atom stereocenters. The third-order valence-electron chi connectivity index (χ3n) is 2.03. The second kappa shape index (κ2) is 3.22. The molecular weight excluding hydrogens is 202 g/mol. The van der Waals surface area contributed by atoms with E-state index in [9.17, 15) is 13.2 Å². The van der Waals surface area contributed by atoms with E-state index in [4.69, 9.17) is 11.6 Å². The fourth-order valence-corrected chi connectivity index (χ4v) is 3.14. The van der Waals surface area contributed by atoms with Gasteiger partial charge in [-0.1, -0.05) is 0 Å². The Hall–Kier alpha value is -0.290. The van der Waals surface area contributed by atoms with Crippen LogP contribution in [-0.4, -0.2) is 43.3 Å². The van der Waals surface area contributed by atoms with Crippen molar-refractivity contribution in [3.05, 3.63) is 0 Å². The minimum absolute atomic E-state index is 0.0436. The highest BCUT2D eigenvalue weighted by Gasteiger charge is 2.32. The summed E-state index contributed by atoms with van der Waals surface area (Å²) < 4.78 is 22.0. The fourth-order valence-electron chi connectivity index (χ4n) is 1.22. The maximum atomic E-state index is 11.0. The van der Waals surface area contributed by atoms with E-state index in [0.717, 1.165) is 0 Å². The first-order chi connectivity index (χ1) is 5.42. The zero-order valence-corrected chi connectivity index (χ0v) is 8.23. The Morgan fingerprint density at radius 2 is 2.17 bits per heavy atom. The predicted molar refractivity (Wildman–Crippen MR) is 46.1 cm³/mol. The molecule has 70 valence electrons. The normalized spacial score (nSPS) is 27.0. The molecule has 0 aromatic rings. The Kier molecular flexibility index (Phi) is 2.63. The summed E-state index contributed by atoms with van der Waals surface area (Å²) in [6, 6.07) is -0.236. The Balaban J connectivity index is 2.64. The lowest BCUT2D eigenvalue weighted by Gasteiger charge is -2.19. The molecule has 1 amide bonds. The van der Waals surface area contributed by atoms with E-state index in [2.05, 4.69) is 0 Å². The van der Waals surface area contributed by atoms with Crippen LogP contribution in [0.4, 0.5) is 4.79 Å². The Bertz CT molecular complexity index is 287. The lowest BCUT2D eigenvalue weighted by Crippen LogP contribution is -2.34. The van der Waals surface area contributed by atoms with Gasteiger partial charge in [0.05, 0.1) is 11.5 Å². The van der Waals surface area contributed by atoms with Gasteiger partial charge in [0.1, 0.15) is 0 Å². The molecule has 0 bridgehead atoms. The molecule has 12 heavy (non-hydrogen) atoms. The molecule has 1 aliphatic heterocycles. The fraction of sp³-hybridized carbons (Fsp3) is 0.833. The lowest BCUT2D eigenvalue weighted by molar-refractivity contribution is 0.219. The summed E-state index contributed by atoms with van der Waals surface area (Å²) >= 11 is 5.19. The Morgan fingerprint density at radius 1 is 1.58 bits per heavy atom. The molecule has 0 aromatic carbocycles. The highest BCUT2D eigenvalue weighted by Crippen LogP contribution is 2.17. The van der Waals surface area contributed by atoms with E-state index in [1.54, 1.807) is 0 Å². The maximum absolute atomic E-state index is 11.0. The average Bonchev–Trinajstić information content (AvgIpc) is 2.28. The zero-order valence-electron chi connectivity index (χ0n) is 6.66. The maximum Gasteiger partial charge on any atom is 0.316 e. The molecule has 6 heteroatoms. The van der Waals surface area contributed by atoms with Crippen molar-refractivity contribution in [2.45, 2.75) is 12.5 Å². The molecule has 4 nitrogen and oxygen atoms in total. The number of rotatable bonds is 1. The van der Waals surface area contributed by atoms with Crippen LogP contribution < -0.4 is 0 Å². The molecule has 1 fully saturated rings. The van der Waals surface area contributed by atoms with Crippen LogP contribution >= 0.6 is 11.6 Å². The van der Waals surface area contributed by atoms with Gasteiger partial charge >= 0.3 is 5.37 Å². The van der Waals surface area contributed by atoms with Crippen LogP contribution in [0.1, 0.15) is 6.42 Å². The minimum atomic E-state index is -2.93. The number of carbonyl (C=O) groups excluding carboxylic acids is 1. The Morgan fingerprint density at radius 3 is 2.50 bits per heavy atom. The van der Waals surface area contributed by atoms with Gasteiger partial charge in [0, 0.05) is 13.1 Å². The molecule has 1 rings (SSSR count).